The molecule has 1 heterocycles. The van der Waals surface area contributed by atoms with Gasteiger partial charge in [0.05, 0.1) is 13.0 Å². The Morgan fingerprint density at radius 1 is 1.16 bits per heavy atom. The molecule has 2 aromatic rings. The largest absolute Gasteiger partial charge is 0.468 e. The van der Waals surface area contributed by atoms with Crippen LogP contribution in [0, 0.1) is 10.1 Å². The maximum atomic E-state index is 12.3. The van der Waals surface area contributed by atoms with E-state index in [-0.39, 0.29) is 4.92 Å². The smallest absolute Gasteiger partial charge is 0.323 e. The summed E-state index contributed by atoms with van der Waals surface area (Å²) in [5.41, 5.74) is 1.39. The first-order valence-corrected chi connectivity index (χ1v) is 8.18. The lowest BCUT2D eigenvalue weighted by Crippen LogP contribution is -2.37. The van der Waals surface area contributed by atoms with Crippen LogP contribution in [0.3, 0.4) is 0 Å². The number of methoxy groups -OCH3 is 1. The highest BCUT2D eigenvalue weighted by molar-refractivity contribution is 6.30. The maximum absolute atomic E-state index is 12.3. The first-order valence-electron chi connectivity index (χ1n) is 7.80. The average molecular weight is 361 g/mol. The van der Waals surface area contributed by atoms with Crippen molar-refractivity contribution in [1.29, 1.82) is 0 Å². The van der Waals surface area contributed by atoms with Gasteiger partial charge in [-0.15, -0.1) is 0 Å². The number of carbonyl (C=O) groups excluding carboxylic acids is 1. The van der Waals surface area contributed by atoms with Crippen molar-refractivity contribution >= 4 is 17.6 Å². The summed E-state index contributed by atoms with van der Waals surface area (Å²) in [6, 6.07) is 13.4. The van der Waals surface area contributed by atoms with E-state index in [9.17, 15) is 14.9 Å². The predicted molar refractivity (Wildman–Crippen MR) is 93.1 cm³/mol. The lowest BCUT2D eigenvalue weighted by atomic mass is 9.85. The summed E-state index contributed by atoms with van der Waals surface area (Å²) in [6.45, 7) is 0. The Balaban J connectivity index is 2.10. The third-order valence-corrected chi connectivity index (χ3v) is 4.75. The van der Waals surface area contributed by atoms with Crippen molar-refractivity contribution < 1.29 is 14.5 Å². The van der Waals surface area contributed by atoms with Crippen molar-refractivity contribution in [1.82, 2.24) is 5.32 Å². The average Bonchev–Trinajstić information content (AvgIpc) is 3.02. The second-order valence-electron chi connectivity index (χ2n) is 5.91. The summed E-state index contributed by atoms with van der Waals surface area (Å²) in [5, 5.41) is 15.5. The van der Waals surface area contributed by atoms with Crippen LogP contribution in [0.25, 0.3) is 0 Å². The minimum absolute atomic E-state index is 0.334. The molecule has 0 aromatic heterocycles. The fraction of sp³-hybridized carbons (Fsp3) is 0.278. The number of halogens is 1. The fourth-order valence-corrected chi connectivity index (χ4v) is 3.65. The van der Waals surface area contributed by atoms with E-state index in [2.05, 4.69) is 5.32 Å². The zero-order valence-electron chi connectivity index (χ0n) is 13.5. The Hall–Kier alpha value is -2.44. The lowest BCUT2D eigenvalue weighted by molar-refractivity contribution is -0.527. The van der Waals surface area contributed by atoms with E-state index in [1.807, 2.05) is 30.3 Å². The van der Waals surface area contributed by atoms with E-state index in [1.165, 1.54) is 7.11 Å². The topological polar surface area (TPSA) is 81.5 Å². The Kier molecular flexibility index (Phi) is 5.01. The number of ether oxygens (including phenoxy) is 1. The normalized spacial score (nSPS) is 25.5. The summed E-state index contributed by atoms with van der Waals surface area (Å²) >= 11 is 6.06. The quantitative estimate of drug-likeness (QED) is 0.515. The van der Waals surface area contributed by atoms with Crippen molar-refractivity contribution in [2.24, 2.45) is 0 Å². The van der Waals surface area contributed by atoms with Gasteiger partial charge in [-0.05, 0) is 23.3 Å². The van der Waals surface area contributed by atoms with E-state index < -0.39 is 30.0 Å². The van der Waals surface area contributed by atoms with Gasteiger partial charge in [-0.1, -0.05) is 54.1 Å². The van der Waals surface area contributed by atoms with E-state index in [1.54, 1.807) is 24.3 Å². The van der Waals surface area contributed by atoms with Gasteiger partial charge < -0.3 is 4.74 Å². The number of nitro groups is 1. The summed E-state index contributed by atoms with van der Waals surface area (Å²) in [6.07, 6.45) is 0. The number of benzene rings is 2. The predicted octanol–water partition coefficient (Wildman–Crippen LogP) is 2.96. The molecule has 1 aliphatic rings. The van der Waals surface area contributed by atoms with Crippen LogP contribution in [0.1, 0.15) is 23.1 Å². The second-order valence-corrected chi connectivity index (χ2v) is 6.35. The molecular formula is C18H17ClN2O4. The van der Waals surface area contributed by atoms with Crippen molar-refractivity contribution in [2.75, 3.05) is 7.11 Å². The highest BCUT2D eigenvalue weighted by Gasteiger charge is 2.54. The highest BCUT2D eigenvalue weighted by atomic mass is 35.5. The van der Waals surface area contributed by atoms with Crippen molar-refractivity contribution in [3.05, 3.63) is 80.9 Å². The molecule has 1 saturated heterocycles. The molecule has 4 atom stereocenters. The van der Waals surface area contributed by atoms with Crippen LogP contribution in [-0.4, -0.2) is 30.1 Å². The molecule has 0 unspecified atom stereocenters. The van der Waals surface area contributed by atoms with Gasteiger partial charge in [0, 0.05) is 9.95 Å². The van der Waals surface area contributed by atoms with Crippen LogP contribution in [0.15, 0.2) is 54.6 Å². The van der Waals surface area contributed by atoms with Gasteiger partial charge in [-0.3, -0.25) is 20.2 Å². The monoisotopic (exact) mass is 360 g/mol. The molecule has 1 aliphatic heterocycles. The molecular weight excluding hydrogens is 344 g/mol. The number of hydrogen-bond donors (Lipinski definition) is 1. The minimum Gasteiger partial charge on any atom is -0.468 e. The van der Waals surface area contributed by atoms with E-state index in [0.29, 0.717) is 10.6 Å². The van der Waals surface area contributed by atoms with Gasteiger partial charge in [-0.2, -0.15) is 0 Å². The lowest BCUT2D eigenvalue weighted by Gasteiger charge is -2.19. The number of esters is 1. The minimum atomic E-state index is -1.02. The van der Waals surface area contributed by atoms with E-state index in [4.69, 9.17) is 16.3 Å². The fourth-order valence-electron chi connectivity index (χ4n) is 3.45. The SMILES string of the molecule is COC(=O)[C@H]1N[C@H](c2ccccc2)[C@@H]([N+](=O)[O-])[C@@H]1c1cccc(Cl)c1. The molecule has 0 aliphatic carbocycles. The van der Waals surface area contributed by atoms with Gasteiger partial charge in [0.2, 0.25) is 6.04 Å². The standard InChI is InChI=1S/C18H17ClN2O4/c1-25-18(22)16-14(12-8-5-9-13(19)10-12)17(21(23)24)15(20-16)11-6-3-2-4-7-11/h2-10,14-17,20H,1H3/t14-,15-,16+,17+/m1/s1. The van der Waals surface area contributed by atoms with Gasteiger partial charge in [0.25, 0.3) is 0 Å². The van der Waals surface area contributed by atoms with Crippen LogP contribution in [-0.2, 0) is 9.53 Å². The van der Waals surface area contributed by atoms with E-state index in [0.717, 1.165) is 5.56 Å². The number of rotatable bonds is 4. The number of carbonyl (C=O) groups is 1. The van der Waals surface area contributed by atoms with Crippen LogP contribution in [0.5, 0.6) is 0 Å². The molecule has 2 aromatic carbocycles. The summed E-state index contributed by atoms with van der Waals surface area (Å²) in [7, 11) is 1.27. The molecule has 130 valence electrons. The molecule has 0 amide bonds. The van der Waals surface area contributed by atoms with Gasteiger partial charge >= 0.3 is 5.97 Å². The molecule has 0 bridgehead atoms. The zero-order chi connectivity index (χ0) is 18.0. The number of nitrogens with one attached hydrogen (secondary N) is 1. The number of nitrogens with zero attached hydrogens (tertiary/aromatic N) is 1. The third kappa shape index (κ3) is 3.36. The zero-order valence-corrected chi connectivity index (χ0v) is 14.2. The number of hydrogen-bond acceptors (Lipinski definition) is 5. The summed E-state index contributed by atoms with van der Waals surface area (Å²) in [5.74, 6) is -1.22. The Morgan fingerprint density at radius 2 is 1.84 bits per heavy atom. The maximum Gasteiger partial charge on any atom is 0.323 e. The van der Waals surface area contributed by atoms with Crippen LogP contribution in [0.2, 0.25) is 5.02 Å². The first kappa shape index (κ1) is 17.4. The highest BCUT2D eigenvalue weighted by Crippen LogP contribution is 2.41. The van der Waals surface area contributed by atoms with Gasteiger partial charge in [0.1, 0.15) is 12.1 Å². The summed E-state index contributed by atoms with van der Waals surface area (Å²) < 4.78 is 4.87. The van der Waals surface area contributed by atoms with E-state index >= 15 is 0 Å². The molecule has 0 saturated carbocycles. The third-order valence-electron chi connectivity index (χ3n) is 4.52. The van der Waals surface area contributed by atoms with Crippen LogP contribution in [0.4, 0.5) is 0 Å². The molecule has 7 heteroatoms. The molecule has 0 spiro atoms. The molecule has 6 nitrogen and oxygen atoms in total. The van der Waals surface area contributed by atoms with Crippen molar-refractivity contribution in [2.45, 2.75) is 24.0 Å². The Bertz CT molecular complexity index is 784. The second kappa shape index (κ2) is 7.21. The van der Waals surface area contributed by atoms with Crippen LogP contribution >= 0.6 is 11.6 Å². The molecule has 1 fully saturated rings. The van der Waals surface area contributed by atoms with Crippen molar-refractivity contribution in [3.8, 4) is 0 Å². The molecule has 1 N–H and O–H groups in total. The van der Waals surface area contributed by atoms with Gasteiger partial charge in [0.15, 0.2) is 0 Å². The molecule has 0 radical (unpaired) electrons. The first-order chi connectivity index (χ1) is 12.0. The molecule has 3 rings (SSSR count). The Labute approximate surface area is 149 Å². The Morgan fingerprint density at radius 3 is 2.44 bits per heavy atom. The van der Waals surface area contributed by atoms with Crippen molar-refractivity contribution in [3.63, 3.8) is 0 Å². The summed E-state index contributed by atoms with van der Waals surface area (Å²) in [4.78, 5) is 23.8. The molecule has 25 heavy (non-hydrogen) atoms. The van der Waals surface area contributed by atoms with Crippen LogP contribution < -0.4 is 5.32 Å². The van der Waals surface area contributed by atoms with Gasteiger partial charge in [-0.25, -0.2) is 0 Å².